The second kappa shape index (κ2) is 7.16. The molecular weight excluding hydrogens is 216 g/mol. The van der Waals surface area contributed by atoms with E-state index in [0.717, 1.165) is 45.7 Å². The SMILES string of the molecule is O=[SH](=O)CCCN1CCN(CCO)CC1. The van der Waals surface area contributed by atoms with Gasteiger partial charge in [0.05, 0.1) is 6.61 Å². The van der Waals surface area contributed by atoms with Gasteiger partial charge in [0.1, 0.15) is 10.7 Å². The van der Waals surface area contributed by atoms with E-state index in [9.17, 15) is 8.42 Å². The molecule has 0 radical (unpaired) electrons. The Labute approximate surface area is 92.6 Å². The van der Waals surface area contributed by atoms with Gasteiger partial charge in [-0.3, -0.25) is 4.90 Å². The second-order valence-corrected chi connectivity index (χ2v) is 4.93. The summed E-state index contributed by atoms with van der Waals surface area (Å²) in [4.78, 5) is 4.51. The molecule has 1 heterocycles. The molecule has 1 aliphatic rings. The molecule has 6 heteroatoms. The van der Waals surface area contributed by atoms with E-state index >= 15 is 0 Å². The zero-order valence-electron chi connectivity index (χ0n) is 8.97. The lowest BCUT2D eigenvalue weighted by molar-refractivity contribution is 0.113. The van der Waals surface area contributed by atoms with E-state index in [1.807, 2.05) is 0 Å². The first-order valence-corrected chi connectivity index (χ1v) is 6.76. The topological polar surface area (TPSA) is 60.9 Å². The van der Waals surface area contributed by atoms with Gasteiger partial charge in [-0.1, -0.05) is 0 Å². The van der Waals surface area contributed by atoms with Crippen LogP contribution in [0.4, 0.5) is 0 Å². The fourth-order valence-corrected chi connectivity index (χ4v) is 2.20. The zero-order chi connectivity index (χ0) is 11.1. The first kappa shape index (κ1) is 12.9. The number of aliphatic hydroxyl groups excluding tert-OH is 1. The van der Waals surface area contributed by atoms with Gasteiger partial charge in [-0.25, -0.2) is 8.42 Å². The summed E-state index contributed by atoms with van der Waals surface area (Å²) in [5.74, 6) is 0.298. The first-order chi connectivity index (χ1) is 7.22. The quantitative estimate of drug-likeness (QED) is 0.555. The van der Waals surface area contributed by atoms with Gasteiger partial charge >= 0.3 is 0 Å². The molecule has 0 aliphatic carbocycles. The summed E-state index contributed by atoms with van der Waals surface area (Å²) in [6, 6.07) is 0. The molecular formula is C9H20N2O3S. The Bertz CT molecular complexity index is 230. The van der Waals surface area contributed by atoms with Gasteiger partial charge in [0.15, 0.2) is 0 Å². The van der Waals surface area contributed by atoms with Crippen molar-refractivity contribution >= 4 is 10.7 Å². The number of hydrogen-bond donors (Lipinski definition) is 2. The van der Waals surface area contributed by atoms with Crippen LogP contribution in [0.3, 0.4) is 0 Å². The molecule has 1 N–H and O–H groups in total. The first-order valence-electron chi connectivity index (χ1n) is 5.39. The molecule has 0 aromatic rings. The predicted molar refractivity (Wildman–Crippen MR) is 59.8 cm³/mol. The monoisotopic (exact) mass is 236 g/mol. The lowest BCUT2D eigenvalue weighted by Crippen LogP contribution is -2.47. The van der Waals surface area contributed by atoms with E-state index in [1.54, 1.807) is 0 Å². The average molecular weight is 236 g/mol. The van der Waals surface area contributed by atoms with Crippen molar-refractivity contribution in [1.82, 2.24) is 9.80 Å². The third-order valence-electron chi connectivity index (χ3n) is 2.70. The minimum Gasteiger partial charge on any atom is -0.395 e. The number of nitrogens with zero attached hydrogens (tertiary/aromatic N) is 2. The van der Waals surface area contributed by atoms with Crippen LogP contribution in [0.5, 0.6) is 0 Å². The van der Waals surface area contributed by atoms with Gasteiger partial charge in [0.2, 0.25) is 0 Å². The van der Waals surface area contributed by atoms with Crippen molar-refractivity contribution in [3.05, 3.63) is 0 Å². The summed E-state index contributed by atoms with van der Waals surface area (Å²) in [5.41, 5.74) is 0. The van der Waals surface area contributed by atoms with E-state index in [0.29, 0.717) is 5.75 Å². The molecule has 1 rings (SSSR count). The van der Waals surface area contributed by atoms with Crippen molar-refractivity contribution in [3.8, 4) is 0 Å². The number of hydrogen-bond acceptors (Lipinski definition) is 5. The van der Waals surface area contributed by atoms with Gasteiger partial charge in [0.25, 0.3) is 0 Å². The Kier molecular flexibility index (Phi) is 6.16. The van der Waals surface area contributed by atoms with Gasteiger partial charge in [-0.2, -0.15) is 0 Å². The lowest BCUT2D eigenvalue weighted by Gasteiger charge is -2.34. The fourth-order valence-electron chi connectivity index (χ4n) is 1.80. The molecule has 5 nitrogen and oxygen atoms in total. The Morgan fingerprint density at radius 3 is 2.00 bits per heavy atom. The van der Waals surface area contributed by atoms with Crippen molar-refractivity contribution in [3.63, 3.8) is 0 Å². The number of β-amino-alcohol motifs (C(OH)–C–C–N with tert-alkyl or cyclic N) is 1. The maximum absolute atomic E-state index is 10.4. The Morgan fingerprint density at radius 1 is 1.00 bits per heavy atom. The third kappa shape index (κ3) is 5.46. The highest BCUT2D eigenvalue weighted by Crippen LogP contribution is 2.01. The number of piperazine rings is 1. The Balaban J connectivity index is 2.09. The molecule has 90 valence electrons. The van der Waals surface area contributed by atoms with Crippen molar-refractivity contribution < 1.29 is 13.5 Å². The Hall–Kier alpha value is -0.170. The van der Waals surface area contributed by atoms with Crippen molar-refractivity contribution in [2.24, 2.45) is 0 Å². The highest BCUT2D eigenvalue weighted by molar-refractivity contribution is 7.72. The molecule has 1 fully saturated rings. The smallest absolute Gasteiger partial charge is 0.140 e. The van der Waals surface area contributed by atoms with E-state index in [2.05, 4.69) is 9.80 Å². The molecule has 1 saturated heterocycles. The summed E-state index contributed by atoms with van der Waals surface area (Å²) in [6.07, 6.45) is 0.735. The second-order valence-electron chi connectivity index (χ2n) is 3.82. The summed E-state index contributed by atoms with van der Waals surface area (Å²) >= 11 is 0. The summed E-state index contributed by atoms with van der Waals surface area (Å²) in [6.45, 7) is 5.76. The van der Waals surface area contributed by atoms with Crippen LogP contribution in [0.2, 0.25) is 0 Å². The molecule has 0 saturated carbocycles. The van der Waals surface area contributed by atoms with Crippen LogP contribution in [0.1, 0.15) is 6.42 Å². The van der Waals surface area contributed by atoms with Gasteiger partial charge in [-0.05, 0) is 13.0 Å². The van der Waals surface area contributed by atoms with Crippen LogP contribution < -0.4 is 0 Å². The Morgan fingerprint density at radius 2 is 1.53 bits per heavy atom. The van der Waals surface area contributed by atoms with Crippen molar-refractivity contribution in [2.45, 2.75) is 6.42 Å². The van der Waals surface area contributed by atoms with Crippen LogP contribution in [0.25, 0.3) is 0 Å². The molecule has 0 atom stereocenters. The van der Waals surface area contributed by atoms with Crippen LogP contribution in [-0.4, -0.2) is 75.0 Å². The van der Waals surface area contributed by atoms with Gasteiger partial charge in [-0.15, -0.1) is 0 Å². The highest BCUT2D eigenvalue weighted by Gasteiger charge is 2.15. The summed E-state index contributed by atoms with van der Waals surface area (Å²) in [7, 11) is -2.21. The molecule has 1 aliphatic heterocycles. The van der Waals surface area contributed by atoms with Crippen molar-refractivity contribution in [2.75, 3.05) is 51.6 Å². The van der Waals surface area contributed by atoms with Crippen LogP contribution in [-0.2, 0) is 10.7 Å². The molecule has 0 amide bonds. The summed E-state index contributed by atoms with van der Waals surface area (Å²) < 4.78 is 20.7. The minimum absolute atomic E-state index is 0.219. The molecule has 0 bridgehead atoms. The van der Waals surface area contributed by atoms with E-state index < -0.39 is 10.7 Å². The van der Waals surface area contributed by atoms with E-state index in [4.69, 9.17) is 5.11 Å². The largest absolute Gasteiger partial charge is 0.395 e. The van der Waals surface area contributed by atoms with Gasteiger partial charge in [0, 0.05) is 38.5 Å². The molecule has 0 aromatic carbocycles. The minimum atomic E-state index is -2.21. The number of rotatable bonds is 6. The normalized spacial score (nSPS) is 19.9. The van der Waals surface area contributed by atoms with Crippen LogP contribution in [0.15, 0.2) is 0 Å². The van der Waals surface area contributed by atoms with Crippen LogP contribution in [0, 0.1) is 0 Å². The lowest BCUT2D eigenvalue weighted by atomic mass is 10.3. The standard InChI is InChI=1S/C9H20N2O3S/c12-8-7-11-5-3-10(4-6-11)2-1-9-15(13)14/h12,15H,1-9H2. The molecule has 0 unspecified atom stereocenters. The van der Waals surface area contributed by atoms with Crippen molar-refractivity contribution in [1.29, 1.82) is 0 Å². The fraction of sp³-hybridized carbons (Fsp3) is 1.00. The number of aliphatic hydroxyl groups is 1. The van der Waals surface area contributed by atoms with E-state index in [1.165, 1.54) is 0 Å². The average Bonchev–Trinajstić information content (AvgIpc) is 2.20. The molecule has 15 heavy (non-hydrogen) atoms. The van der Waals surface area contributed by atoms with E-state index in [-0.39, 0.29) is 6.61 Å². The van der Waals surface area contributed by atoms with Crippen LogP contribution >= 0.6 is 0 Å². The molecule has 0 aromatic heterocycles. The zero-order valence-corrected chi connectivity index (χ0v) is 9.86. The third-order valence-corrected chi connectivity index (χ3v) is 3.38. The highest BCUT2D eigenvalue weighted by atomic mass is 32.2. The van der Waals surface area contributed by atoms with Gasteiger partial charge < -0.3 is 10.0 Å². The predicted octanol–water partition coefficient (Wildman–Crippen LogP) is -1.40. The maximum Gasteiger partial charge on any atom is 0.140 e. The molecule has 0 spiro atoms. The maximum atomic E-state index is 10.4. The number of thiol groups is 1. The summed E-state index contributed by atoms with van der Waals surface area (Å²) in [5, 5.41) is 8.76.